The number of nitriles is 1. The number of aliphatic carboxylic acids is 1. The number of rotatable bonds is 7. The first-order valence-corrected chi connectivity index (χ1v) is 6.95. The van der Waals surface area contributed by atoms with E-state index >= 15 is 0 Å². The van der Waals surface area contributed by atoms with E-state index in [0.29, 0.717) is 12.5 Å². The SMILES string of the molecule is CC(C)N(CCC#N)Cc1ccc(C=CC(=O)O)s1. The van der Waals surface area contributed by atoms with Gasteiger partial charge in [-0.25, -0.2) is 4.79 Å². The molecule has 0 atom stereocenters. The fourth-order valence-electron chi connectivity index (χ4n) is 1.64. The minimum Gasteiger partial charge on any atom is -0.478 e. The molecule has 1 heterocycles. The molecule has 0 amide bonds. The summed E-state index contributed by atoms with van der Waals surface area (Å²) in [5.74, 6) is -0.937. The molecule has 0 aliphatic carbocycles. The van der Waals surface area contributed by atoms with Crippen LogP contribution < -0.4 is 0 Å². The Morgan fingerprint density at radius 3 is 2.89 bits per heavy atom. The normalized spacial score (nSPS) is 11.3. The van der Waals surface area contributed by atoms with Crippen molar-refractivity contribution in [2.24, 2.45) is 0 Å². The predicted octanol–water partition coefficient (Wildman–Crippen LogP) is 2.97. The van der Waals surface area contributed by atoms with E-state index in [9.17, 15) is 4.79 Å². The summed E-state index contributed by atoms with van der Waals surface area (Å²) in [5.41, 5.74) is 0. The van der Waals surface area contributed by atoms with Crippen molar-refractivity contribution in [3.8, 4) is 6.07 Å². The van der Waals surface area contributed by atoms with Crippen LogP contribution >= 0.6 is 11.3 Å². The zero-order valence-electron chi connectivity index (χ0n) is 11.2. The van der Waals surface area contributed by atoms with Crippen LogP contribution in [0.3, 0.4) is 0 Å². The van der Waals surface area contributed by atoms with Crippen LogP contribution in [0.1, 0.15) is 30.0 Å². The van der Waals surface area contributed by atoms with Crippen molar-refractivity contribution < 1.29 is 9.90 Å². The Hall–Kier alpha value is -1.64. The molecule has 1 rings (SSSR count). The monoisotopic (exact) mass is 278 g/mol. The molecule has 0 spiro atoms. The molecule has 1 aromatic rings. The molecular weight excluding hydrogens is 260 g/mol. The lowest BCUT2D eigenvalue weighted by molar-refractivity contribution is -0.131. The Kier molecular flexibility index (Phi) is 6.26. The summed E-state index contributed by atoms with van der Waals surface area (Å²) in [6, 6.07) is 6.47. The smallest absolute Gasteiger partial charge is 0.328 e. The lowest BCUT2D eigenvalue weighted by atomic mass is 10.2. The molecule has 1 aromatic heterocycles. The van der Waals surface area contributed by atoms with Gasteiger partial charge in [0, 0.05) is 41.4 Å². The number of hydrogen-bond donors (Lipinski definition) is 1. The van der Waals surface area contributed by atoms with E-state index in [1.165, 1.54) is 4.88 Å². The number of thiophene rings is 1. The third-order valence-corrected chi connectivity index (χ3v) is 3.71. The van der Waals surface area contributed by atoms with Gasteiger partial charge in [0.15, 0.2) is 0 Å². The molecule has 5 heteroatoms. The number of carboxylic acids is 1. The molecule has 0 radical (unpaired) electrons. The van der Waals surface area contributed by atoms with Gasteiger partial charge in [-0.15, -0.1) is 11.3 Å². The summed E-state index contributed by atoms with van der Waals surface area (Å²) in [5, 5.41) is 17.2. The van der Waals surface area contributed by atoms with Gasteiger partial charge in [0.25, 0.3) is 0 Å². The van der Waals surface area contributed by atoms with Gasteiger partial charge in [-0.3, -0.25) is 4.90 Å². The minimum atomic E-state index is -0.937. The van der Waals surface area contributed by atoms with Crippen LogP contribution in [0.2, 0.25) is 0 Å². The molecule has 0 aliphatic rings. The second kappa shape index (κ2) is 7.72. The molecule has 0 unspecified atom stereocenters. The summed E-state index contributed by atoms with van der Waals surface area (Å²) < 4.78 is 0. The second-order valence-corrected chi connectivity index (χ2v) is 5.65. The number of hydrogen-bond acceptors (Lipinski definition) is 4. The fraction of sp³-hybridized carbons (Fsp3) is 0.429. The van der Waals surface area contributed by atoms with Crippen LogP contribution in [-0.2, 0) is 11.3 Å². The number of carboxylic acid groups (broad SMARTS) is 1. The summed E-state index contributed by atoms with van der Waals surface area (Å²) in [7, 11) is 0. The highest BCUT2D eigenvalue weighted by Gasteiger charge is 2.10. The zero-order chi connectivity index (χ0) is 14.3. The fourth-order valence-corrected chi connectivity index (χ4v) is 2.58. The molecule has 4 nitrogen and oxygen atoms in total. The predicted molar refractivity (Wildman–Crippen MR) is 76.8 cm³/mol. The lowest BCUT2D eigenvalue weighted by Crippen LogP contribution is -2.30. The van der Waals surface area contributed by atoms with E-state index in [1.807, 2.05) is 12.1 Å². The third kappa shape index (κ3) is 5.69. The molecule has 0 saturated carbocycles. The first kappa shape index (κ1) is 15.4. The molecular formula is C14H18N2O2S. The van der Waals surface area contributed by atoms with Crippen molar-refractivity contribution in [1.29, 1.82) is 5.26 Å². The maximum absolute atomic E-state index is 10.4. The van der Waals surface area contributed by atoms with Gasteiger partial charge in [-0.1, -0.05) is 0 Å². The molecule has 0 saturated heterocycles. The van der Waals surface area contributed by atoms with Crippen LogP contribution in [0.5, 0.6) is 0 Å². The molecule has 0 aromatic carbocycles. The van der Waals surface area contributed by atoms with Crippen molar-refractivity contribution >= 4 is 23.4 Å². The van der Waals surface area contributed by atoms with Crippen LogP contribution in [-0.4, -0.2) is 28.6 Å². The maximum Gasteiger partial charge on any atom is 0.328 e. The average Bonchev–Trinajstić information content (AvgIpc) is 2.79. The van der Waals surface area contributed by atoms with Crippen LogP contribution in [0, 0.1) is 11.3 Å². The zero-order valence-corrected chi connectivity index (χ0v) is 12.0. The summed E-state index contributed by atoms with van der Waals surface area (Å²) >= 11 is 1.58. The molecule has 0 bridgehead atoms. The number of nitrogens with zero attached hydrogens (tertiary/aromatic N) is 2. The number of carbonyl (C=O) groups is 1. The molecule has 19 heavy (non-hydrogen) atoms. The maximum atomic E-state index is 10.4. The Labute approximate surface area is 117 Å². The van der Waals surface area contributed by atoms with Gasteiger partial charge >= 0.3 is 5.97 Å². The van der Waals surface area contributed by atoms with Gasteiger partial charge in [0.05, 0.1) is 6.07 Å². The standard InChI is InChI=1S/C14H18N2O2S/c1-11(2)16(9-3-8-15)10-13-5-4-12(19-13)6-7-14(17)18/h4-7,11H,3,9-10H2,1-2H3,(H,17,18). The van der Waals surface area contributed by atoms with Gasteiger partial charge in [-0.2, -0.15) is 5.26 Å². The molecule has 102 valence electrons. The van der Waals surface area contributed by atoms with E-state index in [2.05, 4.69) is 24.8 Å². The average molecular weight is 278 g/mol. The minimum absolute atomic E-state index is 0.383. The van der Waals surface area contributed by atoms with E-state index in [0.717, 1.165) is 24.0 Å². The lowest BCUT2D eigenvalue weighted by Gasteiger charge is -2.24. The van der Waals surface area contributed by atoms with Crippen LogP contribution in [0.25, 0.3) is 6.08 Å². The first-order chi connectivity index (χ1) is 9.02. The Morgan fingerprint density at radius 1 is 1.58 bits per heavy atom. The van der Waals surface area contributed by atoms with E-state index < -0.39 is 5.97 Å². The van der Waals surface area contributed by atoms with E-state index in [4.69, 9.17) is 10.4 Å². The second-order valence-electron chi connectivity index (χ2n) is 4.45. The molecule has 0 fully saturated rings. The molecule has 1 N–H and O–H groups in total. The Morgan fingerprint density at radius 2 is 2.32 bits per heavy atom. The third-order valence-electron chi connectivity index (χ3n) is 2.67. The summed E-state index contributed by atoms with van der Waals surface area (Å²) in [4.78, 5) is 14.8. The molecule has 0 aliphatic heterocycles. The highest BCUT2D eigenvalue weighted by molar-refractivity contribution is 7.12. The van der Waals surface area contributed by atoms with Gasteiger partial charge in [0.2, 0.25) is 0 Å². The summed E-state index contributed by atoms with van der Waals surface area (Å²) in [6.07, 6.45) is 3.27. The summed E-state index contributed by atoms with van der Waals surface area (Å²) in [6.45, 7) is 5.77. The quantitative estimate of drug-likeness (QED) is 0.779. The Bertz CT molecular complexity index is 486. The van der Waals surface area contributed by atoms with Crippen molar-refractivity contribution in [3.05, 3.63) is 28.0 Å². The Balaban J connectivity index is 2.65. The van der Waals surface area contributed by atoms with Crippen molar-refractivity contribution in [3.63, 3.8) is 0 Å². The largest absolute Gasteiger partial charge is 0.478 e. The van der Waals surface area contributed by atoms with Crippen LogP contribution in [0.15, 0.2) is 18.2 Å². The topological polar surface area (TPSA) is 64.3 Å². The van der Waals surface area contributed by atoms with Gasteiger partial charge in [-0.05, 0) is 32.1 Å². The first-order valence-electron chi connectivity index (χ1n) is 6.13. The van der Waals surface area contributed by atoms with Gasteiger partial charge in [0.1, 0.15) is 0 Å². The van der Waals surface area contributed by atoms with Crippen molar-refractivity contribution in [1.82, 2.24) is 4.90 Å². The van der Waals surface area contributed by atoms with E-state index in [1.54, 1.807) is 17.4 Å². The highest BCUT2D eigenvalue weighted by atomic mass is 32.1. The van der Waals surface area contributed by atoms with E-state index in [-0.39, 0.29) is 0 Å². The van der Waals surface area contributed by atoms with Gasteiger partial charge < -0.3 is 5.11 Å². The van der Waals surface area contributed by atoms with Crippen molar-refractivity contribution in [2.45, 2.75) is 32.9 Å². The van der Waals surface area contributed by atoms with Crippen LogP contribution in [0.4, 0.5) is 0 Å². The van der Waals surface area contributed by atoms with Crippen molar-refractivity contribution in [2.75, 3.05) is 6.54 Å². The highest BCUT2D eigenvalue weighted by Crippen LogP contribution is 2.20.